The predicted molar refractivity (Wildman–Crippen MR) is 70.9 cm³/mol. The van der Waals surface area contributed by atoms with Crippen LogP contribution in [0.5, 0.6) is 0 Å². The molecule has 0 unspecified atom stereocenters. The normalized spacial score (nSPS) is 29.8. The average molecular weight is 262 g/mol. The number of benzene rings is 1. The van der Waals surface area contributed by atoms with E-state index < -0.39 is 0 Å². The third-order valence-corrected chi connectivity index (χ3v) is 4.86. The molecule has 1 aromatic carbocycles. The van der Waals surface area contributed by atoms with Gasteiger partial charge in [-0.3, -0.25) is 4.79 Å². The quantitative estimate of drug-likeness (QED) is 0.775. The zero-order valence-electron chi connectivity index (χ0n) is 11.5. The molecular formula is C16H19FO2. The molecule has 1 saturated carbocycles. The highest BCUT2D eigenvalue weighted by Gasteiger charge is 2.47. The molecule has 0 heterocycles. The summed E-state index contributed by atoms with van der Waals surface area (Å²) in [5.41, 5.74) is 1.92. The third-order valence-electron chi connectivity index (χ3n) is 4.86. The van der Waals surface area contributed by atoms with Gasteiger partial charge >= 0.3 is 0 Å². The molecule has 0 N–H and O–H groups in total. The van der Waals surface area contributed by atoms with Crippen LogP contribution in [0.25, 0.3) is 0 Å². The second-order valence-electron chi connectivity index (χ2n) is 5.98. The van der Waals surface area contributed by atoms with E-state index in [1.165, 1.54) is 0 Å². The van der Waals surface area contributed by atoms with Crippen LogP contribution in [0.2, 0.25) is 0 Å². The summed E-state index contributed by atoms with van der Waals surface area (Å²) >= 11 is 0. The maximum Gasteiger partial charge on any atom is 0.169 e. The van der Waals surface area contributed by atoms with Gasteiger partial charge in [0.1, 0.15) is 5.82 Å². The van der Waals surface area contributed by atoms with Crippen molar-refractivity contribution in [3.63, 3.8) is 0 Å². The molecule has 2 aliphatic rings. The summed E-state index contributed by atoms with van der Waals surface area (Å²) in [5.74, 6) is 0.0225. The summed E-state index contributed by atoms with van der Waals surface area (Å²) in [7, 11) is 1.73. The number of carbonyl (C=O) groups is 1. The largest absolute Gasteiger partial charge is 0.381 e. The smallest absolute Gasteiger partial charge is 0.169 e. The zero-order valence-corrected chi connectivity index (χ0v) is 11.5. The summed E-state index contributed by atoms with van der Waals surface area (Å²) in [6, 6.07) is 3.28. The molecular weight excluding hydrogens is 243 g/mol. The van der Waals surface area contributed by atoms with Crippen molar-refractivity contribution in [3.8, 4) is 0 Å². The summed E-state index contributed by atoms with van der Waals surface area (Å²) < 4.78 is 19.0. The number of carbonyl (C=O) groups excluding carboxylic acids is 1. The number of rotatable bonds is 1. The summed E-state index contributed by atoms with van der Waals surface area (Å²) in [6.07, 6.45) is 4.56. The monoisotopic (exact) mass is 262 g/mol. The van der Waals surface area contributed by atoms with Gasteiger partial charge in [-0.25, -0.2) is 4.39 Å². The summed E-state index contributed by atoms with van der Waals surface area (Å²) in [5, 5.41) is 0. The number of ether oxygens (including phenoxy) is 1. The van der Waals surface area contributed by atoms with Crippen molar-refractivity contribution >= 4 is 5.78 Å². The standard InChI is InChI=1S/C16H19FO2/c1-10-7-13-11(8-14(10)17)9-16(15(13)18)5-3-12(19-2)4-6-16/h7-8,12H,3-6,9H2,1-2H3. The number of hydrogen-bond acceptors (Lipinski definition) is 2. The molecule has 3 heteroatoms. The second-order valence-corrected chi connectivity index (χ2v) is 5.98. The molecule has 0 aliphatic heterocycles. The van der Waals surface area contributed by atoms with Gasteiger partial charge in [-0.2, -0.15) is 0 Å². The maximum absolute atomic E-state index is 13.6. The Bertz CT molecular complexity index is 528. The van der Waals surface area contributed by atoms with Crippen LogP contribution in [0, 0.1) is 18.2 Å². The Hall–Kier alpha value is -1.22. The molecule has 0 atom stereocenters. The van der Waals surface area contributed by atoms with E-state index in [4.69, 9.17) is 4.74 Å². The Balaban J connectivity index is 1.91. The molecule has 2 aliphatic carbocycles. The van der Waals surface area contributed by atoms with Crippen LogP contribution in [0.4, 0.5) is 4.39 Å². The fourth-order valence-corrected chi connectivity index (χ4v) is 3.59. The van der Waals surface area contributed by atoms with Crippen molar-refractivity contribution in [1.82, 2.24) is 0 Å². The van der Waals surface area contributed by atoms with E-state index >= 15 is 0 Å². The van der Waals surface area contributed by atoms with E-state index in [9.17, 15) is 9.18 Å². The van der Waals surface area contributed by atoms with Gasteiger partial charge in [-0.05, 0) is 62.3 Å². The molecule has 102 valence electrons. The van der Waals surface area contributed by atoms with Gasteiger partial charge in [-0.15, -0.1) is 0 Å². The van der Waals surface area contributed by atoms with Crippen LogP contribution < -0.4 is 0 Å². The number of ketones is 1. The highest BCUT2D eigenvalue weighted by atomic mass is 19.1. The number of aryl methyl sites for hydroxylation is 1. The van der Waals surface area contributed by atoms with Crippen LogP contribution in [0.3, 0.4) is 0 Å². The van der Waals surface area contributed by atoms with Gasteiger partial charge < -0.3 is 4.74 Å². The van der Waals surface area contributed by atoms with E-state index in [1.54, 1.807) is 26.2 Å². The lowest BCUT2D eigenvalue weighted by molar-refractivity contribution is 0.0285. The van der Waals surface area contributed by atoms with Gasteiger partial charge in [0, 0.05) is 18.1 Å². The lowest BCUT2D eigenvalue weighted by atomic mass is 9.70. The Morgan fingerprint density at radius 3 is 2.63 bits per heavy atom. The zero-order chi connectivity index (χ0) is 13.6. The molecule has 0 aromatic heterocycles. The van der Waals surface area contributed by atoms with Crippen molar-refractivity contribution in [2.45, 2.75) is 45.1 Å². The Labute approximate surface area is 113 Å². The number of methoxy groups -OCH3 is 1. The molecule has 1 aromatic rings. The van der Waals surface area contributed by atoms with E-state index in [0.29, 0.717) is 12.0 Å². The lowest BCUT2D eigenvalue weighted by Gasteiger charge is -2.35. The fraction of sp³-hybridized carbons (Fsp3) is 0.562. The van der Waals surface area contributed by atoms with Gasteiger partial charge in [0.15, 0.2) is 5.78 Å². The average Bonchev–Trinajstić information content (AvgIpc) is 2.65. The number of fused-ring (bicyclic) bond motifs is 1. The highest BCUT2D eigenvalue weighted by Crippen LogP contribution is 2.47. The first kappa shape index (κ1) is 12.8. The third kappa shape index (κ3) is 1.91. The molecule has 0 saturated heterocycles. The Morgan fingerprint density at radius 1 is 1.32 bits per heavy atom. The molecule has 0 radical (unpaired) electrons. The number of halogens is 1. The van der Waals surface area contributed by atoms with E-state index in [1.807, 2.05) is 0 Å². The highest BCUT2D eigenvalue weighted by molar-refractivity contribution is 6.05. The van der Waals surface area contributed by atoms with Crippen molar-refractivity contribution in [2.75, 3.05) is 7.11 Å². The first-order valence-corrected chi connectivity index (χ1v) is 6.92. The van der Waals surface area contributed by atoms with Gasteiger partial charge in [0.25, 0.3) is 0 Å². The summed E-state index contributed by atoms with van der Waals surface area (Å²) in [4.78, 5) is 12.7. The topological polar surface area (TPSA) is 26.3 Å². The minimum atomic E-state index is -0.280. The van der Waals surface area contributed by atoms with E-state index in [2.05, 4.69) is 0 Å². The first-order chi connectivity index (χ1) is 9.05. The van der Waals surface area contributed by atoms with Gasteiger partial charge in [0.05, 0.1) is 6.10 Å². The number of Topliss-reactive ketones (excluding diaryl/α,β-unsaturated/α-hetero) is 1. The Morgan fingerprint density at radius 2 is 2.00 bits per heavy atom. The van der Waals surface area contributed by atoms with Gasteiger partial charge in [0.2, 0.25) is 0 Å². The summed E-state index contributed by atoms with van der Waals surface area (Å²) in [6.45, 7) is 1.72. The SMILES string of the molecule is COC1CCC2(CC1)Cc1cc(F)c(C)cc1C2=O. The molecule has 0 bridgehead atoms. The first-order valence-electron chi connectivity index (χ1n) is 6.92. The van der Waals surface area contributed by atoms with Gasteiger partial charge in [-0.1, -0.05) is 0 Å². The lowest BCUT2D eigenvalue weighted by Crippen LogP contribution is -2.35. The molecule has 3 rings (SSSR count). The van der Waals surface area contributed by atoms with E-state index in [0.717, 1.165) is 36.8 Å². The minimum absolute atomic E-state index is 0.200. The molecule has 2 nitrogen and oxygen atoms in total. The van der Waals surface area contributed by atoms with Crippen LogP contribution in [0.1, 0.15) is 47.2 Å². The van der Waals surface area contributed by atoms with E-state index in [-0.39, 0.29) is 23.1 Å². The fourth-order valence-electron chi connectivity index (χ4n) is 3.59. The molecule has 1 fully saturated rings. The molecule has 19 heavy (non-hydrogen) atoms. The maximum atomic E-state index is 13.6. The van der Waals surface area contributed by atoms with Crippen LogP contribution in [-0.4, -0.2) is 19.0 Å². The van der Waals surface area contributed by atoms with Crippen LogP contribution in [-0.2, 0) is 11.2 Å². The van der Waals surface area contributed by atoms with Crippen molar-refractivity contribution in [3.05, 3.63) is 34.6 Å². The van der Waals surface area contributed by atoms with Crippen LogP contribution in [0.15, 0.2) is 12.1 Å². The van der Waals surface area contributed by atoms with Crippen molar-refractivity contribution < 1.29 is 13.9 Å². The van der Waals surface area contributed by atoms with Crippen molar-refractivity contribution in [2.24, 2.45) is 5.41 Å². The second kappa shape index (κ2) is 4.41. The Kier molecular flexibility index (Phi) is 2.97. The number of hydrogen-bond donors (Lipinski definition) is 0. The minimum Gasteiger partial charge on any atom is -0.381 e. The predicted octanol–water partition coefficient (Wildman–Crippen LogP) is 3.45. The van der Waals surface area contributed by atoms with Crippen molar-refractivity contribution in [1.29, 1.82) is 0 Å². The van der Waals surface area contributed by atoms with Crippen LogP contribution >= 0.6 is 0 Å². The molecule has 0 amide bonds. The molecule has 1 spiro atoms.